The van der Waals surface area contributed by atoms with E-state index < -0.39 is 0 Å². The average Bonchev–Trinajstić information content (AvgIpc) is 1.99. The average molecular weight is 1960 g/mol. The summed E-state index contributed by atoms with van der Waals surface area (Å²) in [5.74, 6) is 0.879. The van der Waals surface area contributed by atoms with Crippen LogP contribution < -0.4 is 16.0 Å². The molecule has 12 nitrogen and oxygen atoms in total. The van der Waals surface area contributed by atoms with Gasteiger partial charge in [0.2, 0.25) is 0 Å². The van der Waals surface area contributed by atoms with E-state index in [1.807, 2.05) is 121 Å². The number of benzene rings is 7. The van der Waals surface area contributed by atoms with Gasteiger partial charge in [-0.15, -0.1) is 0 Å². The van der Waals surface area contributed by atoms with Crippen molar-refractivity contribution in [3.8, 4) is 23.0 Å². The number of rotatable bonds is 17. The van der Waals surface area contributed by atoms with Gasteiger partial charge in [-0.2, -0.15) is 0 Å². The molecule has 7 N–H and O–H groups in total. The van der Waals surface area contributed by atoms with Crippen molar-refractivity contribution in [3.05, 3.63) is 216 Å². The molecule has 0 bridgehead atoms. The van der Waals surface area contributed by atoms with Crippen LogP contribution in [0, 0.1) is 28.1 Å². The summed E-state index contributed by atoms with van der Waals surface area (Å²) in [6, 6.07) is 48.0. The van der Waals surface area contributed by atoms with Crippen molar-refractivity contribution in [2.75, 3.05) is 29.0 Å². The second-order valence-corrected chi connectivity index (χ2v) is 29.8. The van der Waals surface area contributed by atoms with E-state index in [9.17, 15) is 20.4 Å². The first-order valence-corrected chi connectivity index (χ1v) is 36.7. The highest BCUT2D eigenvalue weighted by Gasteiger charge is 2.16. The lowest BCUT2D eigenvalue weighted by Gasteiger charge is -2.21. The topological polar surface area (TPSA) is 172 Å². The second-order valence-electron chi connectivity index (χ2n) is 20.8. The molecule has 0 aliphatic heterocycles. The molecule has 7 aromatic carbocycles. The van der Waals surface area contributed by atoms with Crippen molar-refractivity contribution >= 4 is 231 Å². The van der Waals surface area contributed by atoms with Gasteiger partial charge in [-0.1, -0.05) is 98.7 Å². The highest BCUT2D eigenvalue weighted by Crippen LogP contribution is 2.39. The number of nitrogens with one attached hydrogen (secondary N) is 3. The molecule has 462 valence electrons. The number of aromatic nitrogens is 4. The smallest absolute Gasteiger partial charge is 0.156 e. The summed E-state index contributed by atoms with van der Waals surface area (Å²) >= 11 is 26.0. The molecule has 11 rings (SSSR count). The molecule has 4 heterocycles. The van der Waals surface area contributed by atoms with Gasteiger partial charge in [0.25, 0.3) is 0 Å². The first kappa shape index (κ1) is 70.9. The van der Waals surface area contributed by atoms with E-state index in [2.05, 4.69) is 258 Å². The van der Waals surface area contributed by atoms with E-state index in [1.165, 1.54) is 36.8 Å². The number of nitrogens with zero attached hydrogens (tertiary/aromatic N) is 5. The minimum atomic E-state index is 0.163. The van der Waals surface area contributed by atoms with Crippen LogP contribution in [0.2, 0.25) is 0 Å². The van der Waals surface area contributed by atoms with Crippen molar-refractivity contribution in [3.63, 3.8) is 0 Å². The van der Waals surface area contributed by atoms with Crippen molar-refractivity contribution in [2.24, 2.45) is 0 Å². The molecule has 21 heteroatoms. The molecule has 0 amide bonds. The van der Waals surface area contributed by atoms with E-state index >= 15 is 0 Å². The zero-order chi connectivity index (χ0) is 63.9. The summed E-state index contributed by atoms with van der Waals surface area (Å²) in [7, 11) is 0. The van der Waals surface area contributed by atoms with E-state index in [1.54, 1.807) is 0 Å². The summed E-state index contributed by atoms with van der Waals surface area (Å²) < 4.78 is 8.01. The molecule has 0 saturated heterocycles. The van der Waals surface area contributed by atoms with E-state index in [0.29, 0.717) is 50.6 Å². The number of fused-ring (bicyclic) bond motifs is 4. The molecule has 0 aliphatic carbocycles. The number of aryl methyl sites for hydroxylation is 2. The maximum atomic E-state index is 10.3. The van der Waals surface area contributed by atoms with Gasteiger partial charge < -0.3 is 36.4 Å². The summed E-state index contributed by atoms with van der Waals surface area (Å²) in [4.78, 5) is 20.9. The molecule has 0 atom stereocenters. The molecule has 0 aliphatic rings. The van der Waals surface area contributed by atoms with Crippen LogP contribution in [0.25, 0.3) is 43.6 Å². The van der Waals surface area contributed by atoms with E-state index in [-0.39, 0.29) is 23.0 Å². The number of hydrogen-bond acceptors (Lipinski definition) is 12. The van der Waals surface area contributed by atoms with Crippen LogP contribution in [0.3, 0.4) is 0 Å². The Morgan fingerprint density at radius 2 is 0.775 bits per heavy atom. The van der Waals surface area contributed by atoms with Crippen LogP contribution in [0.5, 0.6) is 23.0 Å². The van der Waals surface area contributed by atoms with Gasteiger partial charge in [0, 0.05) is 65.7 Å². The number of pyridine rings is 4. The van der Waals surface area contributed by atoms with Crippen molar-refractivity contribution in [2.45, 2.75) is 79.6 Å². The molecule has 0 unspecified atom stereocenters. The molecule has 11 aromatic rings. The second kappa shape index (κ2) is 34.3. The number of phenolic OH excluding ortho intramolecular Hbond substituents is 4. The molecule has 0 fully saturated rings. The van der Waals surface area contributed by atoms with E-state index in [4.69, 9.17) is 4.98 Å². The lowest BCUT2D eigenvalue weighted by molar-refractivity contribution is 0.254. The minimum absolute atomic E-state index is 0.163. The van der Waals surface area contributed by atoms with Gasteiger partial charge in [-0.3, -0.25) is 4.90 Å². The predicted octanol–water partition coefficient (Wildman–Crippen LogP) is 21.8. The van der Waals surface area contributed by atoms with Crippen LogP contribution in [-0.4, -0.2) is 58.4 Å². The molecular weight excluding hydrogens is 1900 g/mol. The Kier molecular flexibility index (Phi) is 27.3. The molecule has 0 spiro atoms. The fourth-order valence-electron chi connectivity index (χ4n) is 9.40. The number of halogens is 9. The Balaban J connectivity index is 0.000000153. The summed E-state index contributed by atoms with van der Waals surface area (Å²) in [5, 5.41) is 54.7. The van der Waals surface area contributed by atoms with Gasteiger partial charge in [-0.25, -0.2) is 19.9 Å². The van der Waals surface area contributed by atoms with Crippen LogP contribution in [0.4, 0.5) is 17.1 Å². The number of unbranched alkanes of at least 4 members (excludes halogenated alkanes) is 2. The minimum Gasteiger partial charge on any atom is -0.505 e. The Morgan fingerprint density at radius 3 is 1.21 bits per heavy atom. The zero-order valence-electron chi connectivity index (χ0n) is 48.9. The summed E-state index contributed by atoms with van der Waals surface area (Å²) in [5.41, 5.74) is 11.8. The molecule has 0 radical (unpaired) electrons. The van der Waals surface area contributed by atoms with Crippen molar-refractivity contribution in [1.29, 1.82) is 0 Å². The summed E-state index contributed by atoms with van der Waals surface area (Å²) in [6.07, 6.45) is 4.82. The first-order chi connectivity index (χ1) is 42.7. The quantitative estimate of drug-likeness (QED) is 0.0431. The zero-order valence-corrected chi connectivity index (χ0v) is 65.4. The monoisotopic (exact) mass is 1960 g/mol. The number of aromatic hydroxyl groups is 4. The third-order valence-electron chi connectivity index (χ3n) is 14.0. The van der Waals surface area contributed by atoms with Gasteiger partial charge in [0.1, 0.15) is 22.1 Å². The standard InChI is InChI=1S/C18H16Br2N2O.C18H24Br2N2O.C16H11BrI2N2O.C16H12I2N2O/c1-10-5-11(2)7-13(6-10)21-9-12-3-4-14-15(19)8-16(20)18(23)17(14)22-12;1-3-5-9-22(10-6-4-2)12-13-7-8-14-15(19)11-16(20)18(23)17(14)21-13;17-9-1-3-10(4-2-9)20-8-11-5-6-12-13(18)7-14(19)16(22)15(12)21-11;17-13-8-14(18)16(21)15-12(13)7-6-11(20-15)9-19-10-4-2-1-3-5-10/h3-8,21,23H,9H2,1-2H3;7-8,11,23H,3-6,9-10,12H2,1-2H3;1-7,20,22H,8H2;1-8,19,21H,9H2. The van der Waals surface area contributed by atoms with Crippen LogP contribution >= 0.6 is 170 Å². The van der Waals surface area contributed by atoms with Crippen molar-refractivity contribution < 1.29 is 20.4 Å². The fraction of sp³-hybridized carbons (Fsp3) is 0.206. The van der Waals surface area contributed by atoms with Crippen LogP contribution in [0.15, 0.2) is 168 Å². The Morgan fingerprint density at radius 1 is 0.393 bits per heavy atom. The molecule has 4 aromatic heterocycles. The predicted molar refractivity (Wildman–Crippen MR) is 419 cm³/mol. The number of anilines is 3. The van der Waals surface area contributed by atoms with Crippen LogP contribution in [-0.2, 0) is 26.2 Å². The van der Waals surface area contributed by atoms with Crippen molar-refractivity contribution in [1.82, 2.24) is 24.8 Å². The van der Waals surface area contributed by atoms with Gasteiger partial charge in [0.15, 0.2) is 23.0 Å². The normalized spacial score (nSPS) is 11.0. The van der Waals surface area contributed by atoms with Gasteiger partial charge >= 0.3 is 0 Å². The lowest BCUT2D eigenvalue weighted by Crippen LogP contribution is -2.26. The number of para-hydroxylation sites is 1. The Hall–Kier alpha value is -3.94. The maximum Gasteiger partial charge on any atom is 0.156 e. The van der Waals surface area contributed by atoms with Gasteiger partial charge in [-0.05, 0) is 294 Å². The maximum absolute atomic E-state index is 10.3. The van der Waals surface area contributed by atoms with E-state index in [0.717, 1.165) is 109 Å². The largest absolute Gasteiger partial charge is 0.505 e. The molecular formula is C68H63Br5I4N8O4. The number of hydrogen-bond donors (Lipinski definition) is 7. The molecule has 0 saturated carbocycles. The van der Waals surface area contributed by atoms with Gasteiger partial charge in [0.05, 0.1) is 58.5 Å². The molecule has 89 heavy (non-hydrogen) atoms. The number of phenols is 4. The SMILES string of the molecule is CCCCN(CCCC)Cc1ccc2c(Br)cc(Br)c(O)c2n1.Cc1cc(C)cc(NCc2ccc3c(Br)cc(Br)c(O)c3n2)c1.Oc1c(I)cc(I)c2ccc(CNc3ccc(Br)cc3)nc12.Oc1c(I)cc(I)c2ccc(CNc3ccccc3)nc12. The lowest BCUT2D eigenvalue weighted by atomic mass is 10.1. The fourth-order valence-corrected chi connectivity index (χ4v) is 16.0. The Bertz CT molecular complexity index is 4250. The Labute approximate surface area is 615 Å². The third-order valence-corrected chi connectivity index (χ3v) is 20.4. The highest BCUT2D eigenvalue weighted by molar-refractivity contribution is 14.1. The first-order valence-electron chi connectivity index (χ1n) is 28.4. The third kappa shape index (κ3) is 19.8. The summed E-state index contributed by atoms with van der Waals surface area (Å²) in [6.45, 7) is 13.5. The highest BCUT2D eigenvalue weighted by atomic mass is 127. The van der Waals surface area contributed by atoms with Crippen LogP contribution in [0.1, 0.15) is 73.4 Å².